The Kier molecular flexibility index (Phi) is 9.87. The molecule has 2 heterocycles. The van der Waals surface area contributed by atoms with E-state index in [1.54, 1.807) is 0 Å². The van der Waals surface area contributed by atoms with Crippen molar-refractivity contribution in [2.75, 3.05) is 65.5 Å². The van der Waals surface area contributed by atoms with Gasteiger partial charge in [-0.25, -0.2) is 0 Å². The summed E-state index contributed by atoms with van der Waals surface area (Å²) < 4.78 is 5.47. The fourth-order valence-corrected chi connectivity index (χ4v) is 3.14. The lowest BCUT2D eigenvalue weighted by Gasteiger charge is -2.36. The quantitative estimate of drug-likeness (QED) is 0.714. The summed E-state index contributed by atoms with van der Waals surface area (Å²) in [5, 5.41) is 9.98. The van der Waals surface area contributed by atoms with Crippen LogP contribution in [0.3, 0.4) is 0 Å². The molecule has 2 aliphatic rings. The normalized spacial score (nSPS) is 22.9. The first-order valence-electron chi connectivity index (χ1n) is 8.60. The Morgan fingerprint density at radius 1 is 0.864 bits per heavy atom. The molecule has 1 N–H and O–H groups in total. The number of hydrogen-bond donors (Lipinski definition) is 1. The largest absolute Gasteiger partial charge is 0.389 e. The maximum atomic E-state index is 9.98. The van der Waals surface area contributed by atoms with Crippen molar-refractivity contribution in [3.05, 3.63) is 0 Å². The smallest absolute Gasteiger partial charge is 0.0900 e. The molecule has 0 radical (unpaired) electrons. The first kappa shape index (κ1) is 20.1. The molecule has 22 heavy (non-hydrogen) atoms. The van der Waals surface area contributed by atoms with Crippen LogP contribution >= 0.6 is 12.4 Å². The Morgan fingerprint density at radius 2 is 1.36 bits per heavy atom. The number of ether oxygens (including phenoxy) is 1. The van der Waals surface area contributed by atoms with Gasteiger partial charge in [-0.2, -0.15) is 0 Å². The van der Waals surface area contributed by atoms with Crippen molar-refractivity contribution in [1.29, 1.82) is 0 Å². The topological polar surface area (TPSA) is 39.2 Å². The SMILES string of the molecule is CC(C)OCC(O)CN1CCN(CCN2CCCC2)CC1.Cl. The van der Waals surface area contributed by atoms with Crippen molar-refractivity contribution in [3.8, 4) is 0 Å². The molecule has 0 spiro atoms. The zero-order valence-corrected chi connectivity index (χ0v) is 15.1. The molecule has 5 nitrogen and oxygen atoms in total. The van der Waals surface area contributed by atoms with Crippen LogP contribution in [0.1, 0.15) is 26.7 Å². The van der Waals surface area contributed by atoms with Gasteiger partial charge >= 0.3 is 0 Å². The second-order valence-electron chi connectivity index (χ2n) is 6.73. The number of halogens is 1. The third-order valence-corrected chi connectivity index (χ3v) is 4.49. The number of β-amino-alcohol motifs (C(OH)–C–C–N with tert-alkyl or cyclic N) is 1. The summed E-state index contributed by atoms with van der Waals surface area (Å²) in [5.41, 5.74) is 0. The number of nitrogens with zero attached hydrogens (tertiary/aromatic N) is 3. The van der Waals surface area contributed by atoms with Crippen LogP contribution in [0.4, 0.5) is 0 Å². The van der Waals surface area contributed by atoms with Crippen molar-refractivity contribution in [2.45, 2.75) is 38.9 Å². The molecule has 0 bridgehead atoms. The summed E-state index contributed by atoms with van der Waals surface area (Å²) in [6.07, 6.45) is 2.60. The maximum Gasteiger partial charge on any atom is 0.0900 e. The van der Waals surface area contributed by atoms with Crippen LogP contribution in [0, 0.1) is 0 Å². The molecule has 1 unspecified atom stereocenters. The number of hydrogen-bond acceptors (Lipinski definition) is 5. The highest BCUT2D eigenvalue weighted by Gasteiger charge is 2.20. The zero-order valence-electron chi connectivity index (χ0n) is 14.2. The molecule has 0 saturated carbocycles. The second kappa shape index (κ2) is 10.8. The van der Waals surface area contributed by atoms with Gasteiger partial charge < -0.3 is 14.7 Å². The Hall–Kier alpha value is 0.0900. The number of aliphatic hydroxyl groups is 1. The van der Waals surface area contributed by atoms with E-state index in [0.29, 0.717) is 6.61 Å². The van der Waals surface area contributed by atoms with Gasteiger partial charge in [0.1, 0.15) is 0 Å². The van der Waals surface area contributed by atoms with E-state index in [1.807, 2.05) is 13.8 Å². The van der Waals surface area contributed by atoms with Crippen LogP contribution in [-0.4, -0.2) is 97.5 Å². The average molecular weight is 336 g/mol. The van der Waals surface area contributed by atoms with Crippen LogP contribution in [0.15, 0.2) is 0 Å². The summed E-state index contributed by atoms with van der Waals surface area (Å²) >= 11 is 0. The second-order valence-corrected chi connectivity index (χ2v) is 6.73. The first-order valence-corrected chi connectivity index (χ1v) is 8.60. The molecule has 0 aromatic heterocycles. The molecule has 6 heteroatoms. The van der Waals surface area contributed by atoms with Gasteiger partial charge in [-0.15, -0.1) is 12.4 Å². The lowest BCUT2D eigenvalue weighted by Crippen LogP contribution is -2.50. The highest BCUT2D eigenvalue weighted by molar-refractivity contribution is 5.85. The van der Waals surface area contributed by atoms with Crippen molar-refractivity contribution >= 4 is 12.4 Å². The third kappa shape index (κ3) is 7.57. The summed E-state index contributed by atoms with van der Waals surface area (Å²) in [7, 11) is 0. The summed E-state index contributed by atoms with van der Waals surface area (Å²) in [6.45, 7) is 14.6. The summed E-state index contributed by atoms with van der Waals surface area (Å²) in [4.78, 5) is 7.51. The molecule has 0 aromatic rings. The Morgan fingerprint density at radius 3 is 1.91 bits per heavy atom. The number of rotatable bonds is 8. The van der Waals surface area contributed by atoms with E-state index in [9.17, 15) is 5.11 Å². The van der Waals surface area contributed by atoms with Gasteiger partial charge in [0.15, 0.2) is 0 Å². The Bertz CT molecular complexity index is 281. The third-order valence-electron chi connectivity index (χ3n) is 4.49. The predicted octanol–water partition coefficient (Wildman–Crippen LogP) is 0.908. The monoisotopic (exact) mass is 335 g/mol. The van der Waals surface area contributed by atoms with Gasteiger partial charge in [-0.05, 0) is 39.8 Å². The Balaban J connectivity index is 0.00000242. The Labute approximate surface area is 142 Å². The fourth-order valence-electron chi connectivity index (χ4n) is 3.14. The van der Waals surface area contributed by atoms with Crippen molar-refractivity contribution < 1.29 is 9.84 Å². The minimum atomic E-state index is -0.358. The van der Waals surface area contributed by atoms with Crippen LogP contribution in [0.5, 0.6) is 0 Å². The predicted molar refractivity (Wildman–Crippen MR) is 92.9 cm³/mol. The van der Waals surface area contributed by atoms with Crippen molar-refractivity contribution in [3.63, 3.8) is 0 Å². The minimum Gasteiger partial charge on any atom is -0.389 e. The standard InChI is InChI=1S/C16H33N3O2.ClH/c1-15(2)21-14-16(20)13-19-11-9-18(10-12-19)8-7-17-5-3-4-6-17;/h15-16,20H,3-14H2,1-2H3;1H. The minimum absolute atomic E-state index is 0. The average Bonchev–Trinajstić information content (AvgIpc) is 2.98. The van der Waals surface area contributed by atoms with Crippen molar-refractivity contribution in [1.82, 2.24) is 14.7 Å². The molecule has 0 amide bonds. The van der Waals surface area contributed by atoms with E-state index < -0.39 is 0 Å². The number of piperazine rings is 1. The molecule has 2 saturated heterocycles. The molecular formula is C16H34ClN3O2. The first-order chi connectivity index (χ1) is 10.1. The van der Waals surface area contributed by atoms with Gasteiger partial charge in [-0.1, -0.05) is 0 Å². The lowest BCUT2D eigenvalue weighted by atomic mass is 10.2. The number of likely N-dealkylation sites (tertiary alicyclic amines) is 1. The van der Waals surface area contributed by atoms with Gasteiger partial charge in [0, 0.05) is 45.8 Å². The highest BCUT2D eigenvalue weighted by Crippen LogP contribution is 2.08. The zero-order chi connectivity index (χ0) is 15.1. The van der Waals surface area contributed by atoms with Crippen LogP contribution in [0.25, 0.3) is 0 Å². The molecular weight excluding hydrogens is 302 g/mol. The van der Waals surface area contributed by atoms with E-state index in [4.69, 9.17) is 4.74 Å². The van der Waals surface area contributed by atoms with Crippen LogP contribution in [0.2, 0.25) is 0 Å². The lowest BCUT2D eigenvalue weighted by molar-refractivity contribution is -0.0147. The van der Waals surface area contributed by atoms with E-state index in [-0.39, 0.29) is 24.6 Å². The molecule has 0 aromatic carbocycles. The van der Waals surface area contributed by atoms with E-state index in [1.165, 1.54) is 39.0 Å². The van der Waals surface area contributed by atoms with Crippen LogP contribution < -0.4 is 0 Å². The van der Waals surface area contributed by atoms with Crippen molar-refractivity contribution in [2.24, 2.45) is 0 Å². The van der Waals surface area contributed by atoms with Gasteiger partial charge in [0.25, 0.3) is 0 Å². The molecule has 2 rings (SSSR count). The summed E-state index contributed by atoms with van der Waals surface area (Å²) in [6, 6.07) is 0. The molecule has 2 fully saturated rings. The van der Waals surface area contributed by atoms with E-state index in [2.05, 4.69) is 14.7 Å². The molecule has 132 valence electrons. The van der Waals surface area contributed by atoms with E-state index in [0.717, 1.165) is 32.7 Å². The molecule has 0 aliphatic carbocycles. The van der Waals surface area contributed by atoms with Gasteiger partial charge in [-0.3, -0.25) is 9.80 Å². The highest BCUT2D eigenvalue weighted by atomic mass is 35.5. The van der Waals surface area contributed by atoms with Crippen LogP contribution in [-0.2, 0) is 4.74 Å². The summed E-state index contributed by atoms with van der Waals surface area (Å²) in [5.74, 6) is 0. The maximum absolute atomic E-state index is 9.98. The van der Waals surface area contributed by atoms with E-state index >= 15 is 0 Å². The fraction of sp³-hybridized carbons (Fsp3) is 1.00. The van der Waals surface area contributed by atoms with Gasteiger partial charge in [0.2, 0.25) is 0 Å². The van der Waals surface area contributed by atoms with Gasteiger partial charge in [0.05, 0.1) is 18.8 Å². The molecule has 2 aliphatic heterocycles. The molecule has 1 atom stereocenters. The number of aliphatic hydroxyl groups excluding tert-OH is 1.